The Bertz CT molecular complexity index is 613. The molecule has 1 fully saturated rings. The Morgan fingerprint density at radius 1 is 1.26 bits per heavy atom. The quantitative estimate of drug-likeness (QED) is 0.604. The van der Waals surface area contributed by atoms with E-state index in [1.165, 1.54) is 0 Å². The van der Waals surface area contributed by atoms with E-state index in [0.717, 1.165) is 12.0 Å². The van der Waals surface area contributed by atoms with E-state index in [9.17, 15) is 14.7 Å². The fourth-order valence-electron chi connectivity index (χ4n) is 2.88. The van der Waals surface area contributed by atoms with E-state index in [1.54, 1.807) is 25.7 Å². The molecule has 1 aliphatic rings. The zero-order valence-corrected chi connectivity index (χ0v) is 16.2. The van der Waals surface area contributed by atoms with Crippen molar-refractivity contribution in [1.82, 2.24) is 4.90 Å². The highest BCUT2D eigenvalue weighted by atomic mass is 16.6. The fourth-order valence-corrected chi connectivity index (χ4v) is 2.88. The minimum Gasteiger partial charge on any atom is -0.458 e. The summed E-state index contributed by atoms with van der Waals surface area (Å²) in [4.78, 5) is 25.5. The first kappa shape index (κ1) is 21.2. The van der Waals surface area contributed by atoms with Crippen LogP contribution in [0.2, 0.25) is 0 Å². The molecule has 0 aliphatic carbocycles. The molecule has 0 radical (unpaired) electrons. The van der Waals surface area contributed by atoms with Crippen molar-refractivity contribution in [3.63, 3.8) is 0 Å². The van der Waals surface area contributed by atoms with E-state index in [-0.39, 0.29) is 19.1 Å². The topological polar surface area (TPSA) is 85.3 Å². The van der Waals surface area contributed by atoms with E-state index >= 15 is 0 Å². The average Bonchev–Trinajstić information content (AvgIpc) is 2.63. The van der Waals surface area contributed by atoms with Crippen LogP contribution in [0.15, 0.2) is 30.3 Å². The summed E-state index contributed by atoms with van der Waals surface area (Å²) in [7, 11) is 0. The Morgan fingerprint density at radius 2 is 1.96 bits per heavy atom. The summed E-state index contributed by atoms with van der Waals surface area (Å²) < 4.78 is 15.7. The van der Waals surface area contributed by atoms with Crippen LogP contribution < -0.4 is 0 Å². The van der Waals surface area contributed by atoms with Gasteiger partial charge in [-0.05, 0) is 39.2 Å². The van der Waals surface area contributed by atoms with Crippen molar-refractivity contribution < 1.29 is 28.9 Å². The average molecular weight is 379 g/mol. The van der Waals surface area contributed by atoms with Gasteiger partial charge in [-0.1, -0.05) is 30.3 Å². The molecule has 1 aliphatic heterocycles. The maximum absolute atomic E-state index is 12.3. The first-order valence-electron chi connectivity index (χ1n) is 9.22. The van der Waals surface area contributed by atoms with Crippen molar-refractivity contribution in [3.8, 4) is 0 Å². The zero-order valence-electron chi connectivity index (χ0n) is 16.2. The third-order valence-corrected chi connectivity index (χ3v) is 4.12. The van der Waals surface area contributed by atoms with E-state index in [4.69, 9.17) is 14.2 Å². The van der Waals surface area contributed by atoms with Gasteiger partial charge in [-0.3, -0.25) is 0 Å². The zero-order chi connectivity index (χ0) is 19.9. The van der Waals surface area contributed by atoms with Gasteiger partial charge in [0.2, 0.25) is 0 Å². The highest BCUT2D eigenvalue weighted by Gasteiger charge is 2.30. The molecule has 1 amide bonds. The van der Waals surface area contributed by atoms with Crippen LogP contribution in [-0.4, -0.2) is 53.7 Å². The van der Waals surface area contributed by atoms with Gasteiger partial charge in [0.1, 0.15) is 18.8 Å². The maximum Gasteiger partial charge on any atom is 0.410 e. The molecule has 7 heteroatoms. The first-order valence-corrected chi connectivity index (χ1v) is 9.22. The van der Waals surface area contributed by atoms with Gasteiger partial charge in [0.05, 0.1) is 0 Å². The molecule has 1 N–H and O–H groups in total. The number of nitrogens with zero attached hydrogens (tertiary/aromatic N) is 1. The van der Waals surface area contributed by atoms with Gasteiger partial charge in [-0.15, -0.1) is 0 Å². The SMILES string of the molecule is CC(C)(C)OC(=O)COC(O)C1CCCN(C(=O)OCc2ccccc2)C1. The molecule has 1 heterocycles. The van der Waals surface area contributed by atoms with E-state index in [0.29, 0.717) is 19.5 Å². The maximum atomic E-state index is 12.3. The van der Waals surface area contributed by atoms with Crippen LogP contribution in [0.4, 0.5) is 4.79 Å². The Morgan fingerprint density at radius 3 is 2.63 bits per heavy atom. The lowest BCUT2D eigenvalue weighted by atomic mass is 9.98. The van der Waals surface area contributed by atoms with Crippen LogP contribution in [0.5, 0.6) is 0 Å². The standard InChI is InChI=1S/C20H29NO6/c1-20(2,3)27-17(22)14-25-18(23)16-10-7-11-21(12-16)19(24)26-13-15-8-5-4-6-9-15/h4-6,8-9,16,18,23H,7,10-14H2,1-3H3. The number of rotatable bonds is 6. The van der Waals surface area contributed by atoms with Crippen molar-refractivity contribution in [1.29, 1.82) is 0 Å². The molecular weight excluding hydrogens is 350 g/mol. The van der Waals surface area contributed by atoms with E-state index in [1.807, 2.05) is 30.3 Å². The van der Waals surface area contributed by atoms with Gasteiger partial charge in [0.25, 0.3) is 0 Å². The van der Waals surface area contributed by atoms with Gasteiger partial charge >= 0.3 is 12.1 Å². The second kappa shape index (κ2) is 9.71. The third-order valence-electron chi connectivity index (χ3n) is 4.12. The number of aliphatic hydroxyl groups excluding tert-OH is 1. The summed E-state index contributed by atoms with van der Waals surface area (Å²) in [5.74, 6) is -0.804. The van der Waals surface area contributed by atoms with Gasteiger partial charge in [0, 0.05) is 19.0 Å². The van der Waals surface area contributed by atoms with Crippen LogP contribution in [-0.2, 0) is 25.6 Å². The fraction of sp³-hybridized carbons (Fsp3) is 0.600. The van der Waals surface area contributed by atoms with Crippen molar-refractivity contribution in [2.24, 2.45) is 5.92 Å². The molecule has 1 saturated heterocycles. The molecule has 1 aromatic rings. The first-order chi connectivity index (χ1) is 12.7. The largest absolute Gasteiger partial charge is 0.458 e. The molecule has 0 saturated carbocycles. The molecule has 0 bridgehead atoms. The van der Waals surface area contributed by atoms with Crippen LogP contribution in [0.3, 0.4) is 0 Å². The number of aliphatic hydroxyl groups is 1. The summed E-state index contributed by atoms with van der Waals surface area (Å²) >= 11 is 0. The smallest absolute Gasteiger partial charge is 0.410 e. The summed E-state index contributed by atoms with van der Waals surface area (Å²) in [6.07, 6.45) is -0.110. The van der Waals surface area contributed by atoms with Crippen LogP contribution in [0, 0.1) is 5.92 Å². The molecule has 2 rings (SSSR count). The highest BCUT2D eigenvalue weighted by Crippen LogP contribution is 2.21. The monoisotopic (exact) mass is 379 g/mol. The minimum absolute atomic E-state index is 0.207. The molecule has 7 nitrogen and oxygen atoms in total. The summed E-state index contributed by atoms with van der Waals surface area (Å²) in [6.45, 7) is 6.07. The number of esters is 1. The predicted octanol–water partition coefficient (Wildman–Crippen LogP) is 2.71. The van der Waals surface area contributed by atoms with Crippen molar-refractivity contribution >= 4 is 12.1 Å². The lowest BCUT2D eigenvalue weighted by molar-refractivity contribution is -0.182. The van der Waals surface area contributed by atoms with Crippen molar-refractivity contribution in [2.45, 2.75) is 52.1 Å². The lowest BCUT2D eigenvalue weighted by Crippen LogP contribution is -2.44. The summed E-state index contributed by atoms with van der Waals surface area (Å²) in [6, 6.07) is 9.46. The summed E-state index contributed by atoms with van der Waals surface area (Å²) in [5, 5.41) is 10.2. The molecule has 1 aromatic carbocycles. The van der Waals surface area contributed by atoms with E-state index in [2.05, 4.69) is 0 Å². The Kier molecular flexibility index (Phi) is 7.62. The predicted molar refractivity (Wildman–Crippen MR) is 98.7 cm³/mol. The normalized spacial score (nSPS) is 18.7. The molecule has 150 valence electrons. The molecular formula is C20H29NO6. The van der Waals surface area contributed by atoms with Gasteiger partial charge in [-0.25, -0.2) is 9.59 Å². The van der Waals surface area contributed by atoms with Crippen LogP contribution in [0.25, 0.3) is 0 Å². The number of piperidine rings is 1. The van der Waals surface area contributed by atoms with Crippen molar-refractivity contribution in [2.75, 3.05) is 19.7 Å². The summed E-state index contributed by atoms with van der Waals surface area (Å²) in [5.41, 5.74) is 0.315. The molecule has 2 atom stereocenters. The number of likely N-dealkylation sites (tertiary alicyclic amines) is 1. The van der Waals surface area contributed by atoms with Crippen molar-refractivity contribution in [3.05, 3.63) is 35.9 Å². The Labute approximate surface area is 160 Å². The van der Waals surface area contributed by atoms with Crippen LogP contribution >= 0.6 is 0 Å². The second-order valence-electron chi connectivity index (χ2n) is 7.68. The number of ether oxygens (including phenoxy) is 3. The molecule has 0 aromatic heterocycles. The number of carbonyl (C=O) groups excluding carboxylic acids is 2. The second-order valence-corrected chi connectivity index (χ2v) is 7.68. The number of amides is 1. The van der Waals surface area contributed by atoms with Gasteiger partial charge < -0.3 is 24.2 Å². The Balaban J connectivity index is 1.76. The lowest BCUT2D eigenvalue weighted by Gasteiger charge is -2.34. The van der Waals surface area contributed by atoms with Gasteiger partial charge in [-0.2, -0.15) is 0 Å². The van der Waals surface area contributed by atoms with Gasteiger partial charge in [0.15, 0.2) is 6.29 Å². The third kappa shape index (κ3) is 7.56. The van der Waals surface area contributed by atoms with E-state index < -0.39 is 24.0 Å². The highest BCUT2D eigenvalue weighted by molar-refractivity contribution is 5.71. The number of hydrogen-bond acceptors (Lipinski definition) is 6. The number of benzene rings is 1. The molecule has 2 unspecified atom stereocenters. The molecule has 27 heavy (non-hydrogen) atoms. The number of carbonyl (C=O) groups is 2. The minimum atomic E-state index is -1.14. The Hall–Kier alpha value is -2.12. The van der Waals surface area contributed by atoms with Crippen LogP contribution in [0.1, 0.15) is 39.2 Å². The molecule has 0 spiro atoms. The number of hydrogen-bond donors (Lipinski definition) is 1.